The topological polar surface area (TPSA) is 49.4 Å². The molecule has 2 atom stereocenters. The van der Waals surface area contributed by atoms with Gasteiger partial charge in [0.2, 0.25) is 11.8 Å². The third kappa shape index (κ3) is 2.75. The van der Waals surface area contributed by atoms with Crippen molar-refractivity contribution in [1.29, 1.82) is 0 Å². The summed E-state index contributed by atoms with van der Waals surface area (Å²) in [6.45, 7) is 1.89. The van der Waals surface area contributed by atoms with Crippen LogP contribution in [0.15, 0.2) is 18.2 Å². The Bertz CT molecular complexity index is 603. The molecule has 112 valence electrons. The number of halogens is 2. The Hall–Kier alpha value is -1.62. The van der Waals surface area contributed by atoms with Crippen LogP contribution in [0.3, 0.4) is 0 Å². The molecule has 0 aromatic heterocycles. The second-order valence-corrected chi connectivity index (χ2v) is 6.13. The van der Waals surface area contributed by atoms with Crippen LogP contribution in [0.2, 0.25) is 5.02 Å². The van der Waals surface area contributed by atoms with Gasteiger partial charge >= 0.3 is 0 Å². The van der Waals surface area contributed by atoms with Gasteiger partial charge in [0.05, 0.1) is 5.02 Å². The molecule has 1 aliphatic carbocycles. The van der Waals surface area contributed by atoms with E-state index < -0.39 is 17.9 Å². The van der Waals surface area contributed by atoms with Crippen LogP contribution < -0.4 is 5.32 Å². The fourth-order valence-electron chi connectivity index (χ4n) is 2.78. The molecule has 21 heavy (non-hydrogen) atoms. The molecule has 0 bridgehead atoms. The molecule has 1 aromatic carbocycles. The van der Waals surface area contributed by atoms with E-state index in [9.17, 15) is 14.0 Å². The molecular formula is C15H16ClFN2O2. The second-order valence-electron chi connectivity index (χ2n) is 5.73. The molecule has 0 radical (unpaired) electrons. The van der Waals surface area contributed by atoms with Crippen molar-refractivity contribution >= 4 is 23.4 Å². The van der Waals surface area contributed by atoms with Crippen LogP contribution in [-0.4, -0.2) is 28.8 Å². The minimum atomic E-state index is -0.537. The average Bonchev–Trinajstić information content (AvgIpc) is 3.24. The minimum absolute atomic E-state index is 0.0496. The molecule has 1 N–H and O–H groups in total. The number of benzene rings is 1. The monoisotopic (exact) mass is 310 g/mol. The van der Waals surface area contributed by atoms with Crippen molar-refractivity contribution in [1.82, 2.24) is 10.2 Å². The molecule has 0 spiro atoms. The molecule has 4 nitrogen and oxygen atoms in total. The summed E-state index contributed by atoms with van der Waals surface area (Å²) in [6, 6.07) is 3.49. The molecule has 1 saturated heterocycles. The molecular weight excluding hydrogens is 295 g/mol. The molecule has 2 aliphatic rings. The van der Waals surface area contributed by atoms with Crippen molar-refractivity contribution in [3.8, 4) is 0 Å². The number of nitrogens with zero attached hydrogens (tertiary/aromatic N) is 1. The van der Waals surface area contributed by atoms with Crippen molar-refractivity contribution < 1.29 is 14.0 Å². The maximum absolute atomic E-state index is 13.5. The van der Waals surface area contributed by atoms with Gasteiger partial charge in [-0.1, -0.05) is 17.7 Å². The summed E-state index contributed by atoms with van der Waals surface area (Å²) in [5.41, 5.74) is 0.637. The fourth-order valence-corrected chi connectivity index (χ4v) is 2.90. The van der Waals surface area contributed by atoms with E-state index in [1.165, 1.54) is 12.1 Å². The Morgan fingerprint density at radius 3 is 2.71 bits per heavy atom. The van der Waals surface area contributed by atoms with E-state index >= 15 is 0 Å². The van der Waals surface area contributed by atoms with Gasteiger partial charge in [0.25, 0.3) is 0 Å². The van der Waals surface area contributed by atoms with E-state index in [0.29, 0.717) is 5.56 Å². The predicted molar refractivity (Wildman–Crippen MR) is 76.1 cm³/mol. The number of carbonyl (C=O) groups excluding carboxylic acids is 2. The van der Waals surface area contributed by atoms with E-state index in [4.69, 9.17) is 11.6 Å². The van der Waals surface area contributed by atoms with E-state index in [2.05, 4.69) is 5.32 Å². The van der Waals surface area contributed by atoms with Gasteiger partial charge in [0, 0.05) is 6.54 Å². The van der Waals surface area contributed by atoms with Crippen molar-refractivity contribution in [3.05, 3.63) is 34.6 Å². The third-order valence-electron chi connectivity index (χ3n) is 4.02. The van der Waals surface area contributed by atoms with Gasteiger partial charge in [-0.2, -0.15) is 0 Å². The van der Waals surface area contributed by atoms with Crippen LogP contribution in [0.5, 0.6) is 0 Å². The van der Waals surface area contributed by atoms with Crippen LogP contribution >= 0.6 is 11.6 Å². The van der Waals surface area contributed by atoms with Gasteiger partial charge < -0.3 is 10.2 Å². The largest absolute Gasteiger partial charge is 0.343 e. The van der Waals surface area contributed by atoms with Crippen molar-refractivity contribution in [2.24, 2.45) is 5.92 Å². The highest BCUT2D eigenvalue weighted by molar-refractivity contribution is 6.30. The number of rotatable bonds is 3. The van der Waals surface area contributed by atoms with Gasteiger partial charge in [-0.05, 0) is 43.4 Å². The number of hydrogen-bond acceptors (Lipinski definition) is 2. The quantitative estimate of drug-likeness (QED) is 0.929. The fraction of sp³-hybridized carbons (Fsp3) is 0.467. The van der Waals surface area contributed by atoms with E-state index in [0.717, 1.165) is 12.8 Å². The Kier molecular flexibility index (Phi) is 3.61. The third-order valence-corrected chi connectivity index (χ3v) is 4.33. The van der Waals surface area contributed by atoms with Gasteiger partial charge in [-0.15, -0.1) is 0 Å². The summed E-state index contributed by atoms with van der Waals surface area (Å²) in [7, 11) is 0. The Morgan fingerprint density at radius 2 is 2.10 bits per heavy atom. The van der Waals surface area contributed by atoms with Crippen molar-refractivity contribution in [2.75, 3.05) is 0 Å². The summed E-state index contributed by atoms with van der Waals surface area (Å²) >= 11 is 5.67. The zero-order valence-corrected chi connectivity index (χ0v) is 12.4. The lowest BCUT2D eigenvalue weighted by Crippen LogP contribution is -2.62. The van der Waals surface area contributed by atoms with Crippen LogP contribution in [0, 0.1) is 11.7 Å². The summed E-state index contributed by atoms with van der Waals surface area (Å²) in [4.78, 5) is 26.1. The molecule has 1 aliphatic heterocycles. The maximum atomic E-state index is 13.5. The lowest BCUT2D eigenvalue weighted by molar-refractivity contribution is -0.150. The average molecular weight is 311 g/mol. The molecule has 2 unspecified atom stereocenters. The standard InChI is InChI=1S/C15H16ClFN2O2/c1-8-15(21)19(13(10-3-4-10)14(20)18-8)7-9-2-5-11(16)12(17)6-9/h2,5-6,8,10,13H,3-4,7H2,1H3,(H,18,20). The van der Waals surface area contributed by atoms with E-state index in [1.54, 1.807) is 17.9 Å². The van der Waals surface area contributed by atoms with Gasteiger partial charge in [-0.25, -0.2) is 4.39 Å². The first-order valence-corrected chi connectivity index (χ1v) is 7.40. The molecule has 1 aromatic rings. The van der Waals surface area contributed by atoms with Gasteiger partial charge in [-0.3, -0.25) is 9.59 Å². The molecule has 1 saturated carbocycles. The first-order valence-electron chi connectivity index (χ1n) is 7.02. The van der Waals surface area contributed by atoms with Crippen LogP contribution in [0.4, 0.5) is 4.39 Å². The molecule has 2 amide bonds. The zero-order valence-electron chi connectivity index (χ0n) is 11.6. The summed E-state index contributed by atoms with van der Waals surface area (Å²) in [5.74, 6) is -0.529. The zero-order chi connectivity index (χ0) is 15.1. The number of carbonyl (C=O) groups is 2. The van der Waals surface area contributed by atoms with Crippen LogP contribution in [-0.2, 0) is 16.1 Å². The minimum Gasteiger partial charge on any atom is -0.343 e. The van der Waals surface area contributed by atoms with Gasteiger partial charge in [0.1, 0.15) is 17.9 Å². The highest BCUT2D eigenvalue weighted by atomic mass is 35.5. The number of piperazine rings is 1. The number of nitrogens with one attached hydrogen (secondary N) is 1. The van der Waals surface area contributed by atoms with Crippen molar-refractivity contribution in [3.63, 3.8) is 0 Å². The maximum Gasteiger partial charge on any atom is 0.245 e. The summed E-state index contributed by atoms with van der Waals surface area (Å²) in [6.07, 6.45) is 1.90. The lowest BCUT2D eigenvalue weighted by atomic mass is 10.0. The van der Waals surface area contributed by atoms with Crippen LogP contribution in [0.25, 0.3) is 0 Å². The molecule has 1 heterocycles. The van der Waals surface area contributed by atoms with E-state index in [1.807, 2.05) is 0 Å². The smallest absolute Gasteiger partial charge is 0.245 e. The second kappa shape index (κ2) is 5.30. The van der Waals surface area contributed by atoms with E-state index in [-0.39, 0.29) is 29.3 Å². The summed E-state index contributed by atoms with van der Waals surface area (Å²) < 4.78 is 13.5. The number of hydrogen-bond donors (Lipinski definition) is 1. The van der Waals surface area contributed by atoms with Crippen molar-refractivity contribution in [2.45, 2.75) is 38.4 Å². The molecule has 3 rings (SSSR count). The first-order chi connectivity index (χ1) is 9.97. The Labute approximate surface area is 127 Å². The molecule has 2 fully saturated rings. The normalized spacial score (nSPS) is 26.0. The molecule has 6 heteroatoms. The predicted octanol–water partition coefficient (Wildman–Crippen LogP) is 2.10. The van der Waals surface area contributed by atoms with Gasteiger partial charge in [0.15, 0.2) is 0 Å². The SMILES string of the molecule is CC1NC(=O)C(C2CC2)N(Cc2ccc(Cl)c(F)c2)C1=O. The number of amides is 2. The first kappa shape index (κ1) is 14.3. The highest BCUT2D eigenvalue weighted by Crippen LogP contribution is 2.37. The summed E-state index contributed by atoms with van der Waals surface area (Å²) in [5, 5.41) is 2.76. The highest BCUT2D eigenvalue weighted by Gasteiger charge is 2.46. The Balaban J connectivity index is 1.86. The Morgan fingerprint density at radius 1 is 1.38 bits per heavy atom. The lowest BCUT2D eigenvalue weighted by Gasteiger charge is -2.38. The van der Waals surface area contributed by atoms with Crippen LogP contribution in [0.1, 0.15) is 25.3 Å².